The first-order chi connectivity index (χ1) is 8.09. The Balaban J connectivity index is 2.57. The first-order valence-corrected chi connectivity index (χ1v) is 6.84. The molecule has 0 unspecified atom stereocenters. The third kappa shape index (κ3) is 4.96. The fourth-order valence-electron chi connectivity index (χ4n) is 1.16. The summed E-state index contributed by atoms with van der Waals surface area (Å²) in [6.07, 6.45) is 0. The van der Waals surface area contributed by atoms with Gasteiger partial charge in [0.25, 0.3) is 0 Å². The summed E-state index contributed by atoms with van der Waals surface area (Å²) in [5.74, 6) is -0.327. The Bertz CT molecular complexity index is 370. The quantitative estimate of drug-likeness (QED) is 0.705. The van der Waals surface area contributed by atoms with Gasteiger partial charge in [-0.2, -0.15) is 0 Å². The highest BCUT2D eigenvalue weighted by molar-refractivity contribution is 7.48. The second-order valence-electron chi connectivity index (χ2n) is 3.18. The Hall–Kier alpha value is -0.740. The van der Waals surface area contributed by atoms with E-state index < -0.39 is 7.82 Å². The highest BCUT2D eigenvalue weighted by atomic mass is 31.2. The molecule has 0 spiro atoms. The monoisotopic (exact) mass is 262 g/mol. The Labute approximate surface area is 100 Å². The molecule has 0 radical (unpaired) electrons. The maximum Gasteiger partial charge on any atom is 0.475 e. The molecule has 0 N–H and O–H groups in total. The summed E-state index contributed by atoms with van der Waals surface area (Å²) in [6.45, 7) is 3.93. The van der Waals surface area contributed by atoms with Crippen molar-refractivity contribution in [1.82, 2.24) is 0 Å². The SMILES string of the molecule is CCOP(=O)(OCC)OCc1ccc(F)cc1. The van der Waals surface area contributed by atoms with E-state index in [9.17, 15) is 8.96 Å². The van der Waals surface area contributed by atoms with Crippen molar-refractivity contribution in [3.05, 3.63) is 35.6 Å². The van der Waals surface area contributed by atoms with E-state index in [1.807, 2.05) is 0 Å². The summed E-state index contributed by atoms with van der Waals surface area (Å²) >= 11 is 0. The van der Waals surface area contributed by atoms with Gasteiger partial charge in [-0.25, -0.2) is 8.96 Å². The van der Waals surface area contributed by atoms with E-state index in [0.717, 1.165) is 0 Å². The van der Waals surface area contributed by atoms with E-state index in [1.165, 1.54) is 12.1 Å². The van der Waals surface area contributed by atoms with Crippen molar-refractivity contribution in [2.24, 2.45) is 0 Å². The van der Waals surface area contributed by atoms with Crippen LogP contribution in [0.4, 0.5) is 4.39 Å². The van der Waals surface area contributed by atoms with Crippen molar-refractivity contribution in [2.45, 2.75) is 20.5 Å². The summed E-state index contributed by atoms with van der Waals surface area (Å²) in [5.41, 5.74) is 0.700. The molecule has 0 saturated heterocycles. The van der Waals surface area contributed by atoms with Gasteiger partial charge in [0.2, 0.25) is 0 Å². The van der Waals surface area contributed by atoms with Crippen molar-refractivity contribution < 1.29 is 22.5 Å². The Morgan fingerprint density at radius 3 is 2.06 bits per heavy atom. The average Bonchev–Trinajstić information content (AvgIpc) is 2.29. The van der Waals surface area contributed by atoms with Crippen LogP contribution < -0.4 is 0 Å². The van der Waals surface area contributed by atoms with Crippen LogP contribution in [-0.4, -0.2) is 13.2 Å². The molecule has 1 rings (SSSR count). The zero-order valence-corrected chi connectivity index (χ0v) is 10.8. The number of halogens is 1. The highest BCUT2D eigenvalue weighted by Crippen LogP contribution is 2.49. The predicted molar refractivity (Wildman–Crippen MR) is 62.0 cm³/mol. The third-order valence-electron chi connectivity index (χ3n) is 1.88. The van der Waals surface area contributed by atoms with Crippen LogP contribution >= 0.6 is 7.82 Å². The molecule has 17 heavy (non-hydrogen) atoms. The fraction of sp³-hybridized carbons (Fsp3) is 0.455. The lowest BCUT2D eigenvalue weighted by atomic mass is 10.2. The third-order valence-corrected chi connectivity index (χ3v) is 3.47. The number of hydrogen-bond acceptors (Lipinski definition) is 4. The van der Waals surface area contributed by atoms with Crippen LogP contribution in [0.5, 0.6) is 0 Å². The van der Waals surface area contributed by atoms with Gasteiger partial charge in [-0.3, -0.25) is 13.6 Å². The second kappa shape index (κ2) is 6.87. The van der Waals surface area contributed by atoms with Crippen molar-refractivity contribution in [3.63, 3.8) is 0 Å². The van der Waals surface area contributed by atoms with Gasteiger partial charge < -0.3 is 0 Å². The lowest BCUT2D eigenvalue weighted by molar-refractivity contribution is 0.116. The Morgan fingerprint density at radius 2 is 1.59 bits per heavy atom. The van der Waals surface area contributed by atoms with Crippen molar-refractivity contribution >= 4 is 7.82 Å². The highest BCUT2D eigenvalue weighted by Gasteiger charge is 2.25. The van der Waals surface area contributed by atoms with Gasteiger partial charge in [0.1, 0.15) is 5.82 Å². The minimum absolute atomic E-state index is 0.0531. The zero-order valence-electron chi connectivity index (χ0n) is 9.89. The van der Waals surface area contributed by atoms with E-state index in [0.29, 0.717) is 5.56 Å². The molecule has 6 heteroatoms. The minimum Gasteiger partial charge on any atom is -0.287 e. The smallest absolute Gasteiger partial charge is 0.287 e. The number of rotatable bonds is 7. The largest absolute Gasteiger partial charge is 0.475 e. The lowest BCUT2D eigenvalue weighted by Crippen LogP contribution is -2.00. The summed E-state index contributed by atoms with van der Waals surface area (Å²) in [4.78, 5) is 0. The molecule has 0 bridgehead atoms. The molecule has 4 nitrogen and oxygen atoms in total. The van der Waals surface area contributed by atoms with Gasteiger partial charge in [-0.15, -0.1) is 0 Å². The van der Waals surface area contributed by atoms with Crippen LogP contribution in [0, 0.1) is 5.82 Å². The molecule has 0 aliphatic carbocycles. The van der Waals surface area contributed by atoms with E-state index in [2.05, 4.69) is 0 Å². The molecule has 0 aliphatic heterocycles. The Kier molecular flexibility index (Phi) is 5.78. The van der Waals surface area contributed by atoms with Crippen molar-refractivity contribution in [1.29, 1.82) is 0 Å². The predicted octanol–water partition coefficient (Wildman–Crippen LogP) is 3.52. The molecule has 0 aliphatic rings. The maximum atomic E-state index is 12.7. The molecule has 0 heterocycles. The lowest BCUT2D eigenvalue weighted by Gasteiger charge is -2.16. The van der Waals surface area contributed by atoms with Crippen LogP contribution in [-0.2, 0) is 24.7 Å². The van der Waals surface area contributed by atoms with Gasteiger partial charge >= 0.3 is 7.82 Å². The average molecular weight is 262 g/mol. The molecule has 0 aromatic heterocycles. The molecule has 0 atom stereocenters. The summed E-state index contributed by atoms with van der Waals surface area (Å²) < 4.78 is 39.6. The summed E-state index contributed by atoms with van der Waals surface area (Å²) in [5, 5.41) is 0. The summed E-state index contributed by atoms with van der Waals surface area (Å²) in [7, 11) is -3.49. The topological polar surface area (TPSA) is 44.8 Å². The van der Waals surface area contributed by atoms with Crippen molar-refractivity contribution in [2.75, 3.05) is 13.2 Å². The standard InChI is InChI=1S/C11H16FO4P/c1-3-14-17(13,15-4-2)16-9-10-5-7-11(12)8-6-10/h5-8H,3-4,9H2,1-2H3. The zero-order chi connectivity index (χ0) is 12.7. The Morgan fingerprint density at radius 1 is 1.06 bits per heavy atom. The second-order valence-corrected chi connectivity index (χ2v) is 4.85. The number of benzene rings is 1. The maximum absolute atomic E-state index is 12.7. The molecule has 0 saturated carbocycles. The first-order valence-electron chi connectivity index (χ1n) is 5.37. The molecule has 1 aromatic rings. The number of hydrogen-bond donors (Lipinski definition) is 0. The number of phosphoric ester groups is 1. The molecule has 0 fully saturated rings. The van der Waals surface area contributed by atoms with Crippen LogP contribution in [0.1, 0.15) is 19.4 Å². The van der Waals surface area contributed by atoms with Crippen LogP contribution in [0.3, 0.4) is 0 Å². The van der Waals surface area contributed by atoms with Gasteiger partial charge in [0, 0.05) is 0 Å². The van der Waals surface area contributed by atoms with Gasteiger partial charge in [0.05, 0.1) is 19.8 Å². The molecule has 1 aromatic carbocycles. The fourth-order valence-corrected chi connectivity index (χ4v) is 2.33. The van der Waals surface area contributed by atoms with E-state index in [-0.39, 0.29) is 25.6 Å². The number of phosphoric acid groups is 1. The minimum atomic E-state index is -3.49. The van der Waals surface area contributed by atoms with E-state index in [1.54, 1.807) is 26.0 Å². The molecule has 0 amide bonds. The van der Waals surface area contributed by atoms with Gasteiger partial charge in [-0.05, 0) is 31.5 Å². The van der Waals surface area contributed by atoms with E-state index >= 15 is 0 Å². The van der Waals surface area contributed by atoms with Crippen LogP contribution in [0.15, 0.2) is 24.3 Å². The molecular formula is C11H16FO4P. The first kappa shape index (κ1) is 14.3. The van der Waals surface area contributed by atoms with Gasteiger partial charge in [-0.1, -0.05) is 12.1 Å². The van der Waals surface area contributed by atoms with Crippen LogP contribution in [0.25, 0.3) is 0 Å². The van der Waals surface area contributed by atoms with Crippen LogP contribution in [0.2, 0.25) is 0 Å². The van der Waals surface area contributed by atoms with E-state index in [4.69, 9.17) is 13.6 Å². The molecule has 96 valence electrons. The molecular weight excluding hydrogens is 246 g/mol. The van der Waals surface area contributed by atoms with Gasteiger partial charge in [0.15, 0.2) is 0 Å². The normalized spacial score (nSPS) is 11.7. The summed E-state index contributed by atoms with van der Waals surface area (Å²) in [6, 6.07) is 5.73. The van der Waals surface area contributed by atoms with Crippen molar-refractivity contribution in [3.8, 4) is 0 Å².